The quantitative estimate of drug-likeness (QED) is 0.488. The van der Waals surface area contributed by atoms with Gasteiger partial charge in [0.15, 0.2) is 5.82 Å². The molecule has 34 heavy (non-hydrogen) atoms. The van der Waals surface area contributed by atoms with Gasteiger partial charge in [0.2, 0.25) is 5.91 Å². The number of aromatic nitrogens is 5. The minimum atomic E-state index is 0.0335. The lowest BCUT2D eigenvalue weighted by atomic mass is 10.0. The van der Waals surface area contributed by atoms with Gasteiger partial charge in [0.1, 0.15) is 12.4 Å². The maximum atomic E-state index is 12.4. The predicted molar refractivity (Wildman–Crippen MR) is 131 cm³/mol. The van der Waals surface area contributed by atoms with E-state index < -0.39 is 0 Å². The molecule has 6 rings (SSSR count). The van der Waals surface area contributed by atoms with Gasteiger partial charge in [-0.3, -0.25) is 19.4 Å². The number of nitrogens with two attached hydrogens (primary N) is 1. The van der Waals surface area contributed by atoms with Crippen molar-refractivity contribution in [1.29, 1.82) is 0 Å². The molecule has 172 valence electrons. The summed E-state index contributed by atoms with van der Waals surface area (Å²) in [5.41, 5.74) is 11.5. The van der Waals surface area contributed by atoms with Crippen LogP contribution < -0.4 is 11.1 Å². The highest BCUT2D eigenvalue weighted by Gasteiger charge is 2.50. The summed E-state index contributed by atoms with van der Waals surface area (Å²) in [7, 11) is 1.87. The second-order valence-corrected chi connectivity index (χ2v) is 9.51. The number of pyridine rings is 3. The molecular weight excluding hydrogens is 428 g/mol. The second kappa shape index (κ2) is 7.24. The van der Waals surface area contributed by atoms with Crippen LogP contribution in [0.2, 0.25) is 0 Å². The first-order chi connectivity index (χ1) is 16.3. The molecule has 5 heterocycles. The Kier molecular flexibility index (Phi) is 4.39. The molecule has 4 aromatic rings. The van der Waals surface area contributed by atoms with Gasteiger partial charge in [0, 0.05) is 59.8 Å². The van der Waals surface area contributed by atoms with E-state index in [-0.39, 0.29) is 17.9 Å². The molecule has 2 aliphatic rings. The SMILES string of the molecule is Cc1c(N)cncc1-c1cc2cc(Nc3cc4n(n3)CC(=O)N(C)CC43CC3)ncc2c(C)n1. The average Bonchev–Trinajstić information content (AvgIpc) is 3.48. The van der Waals surface area contributed by atoms with Crippen LogP contribution in [-0.4, -0.2) is 49.1 Å². The third kappa shape index (κ3) is 3.27. The standard InChI is InChI=1S/C25H26N8O/c1-14-17(9-27-11-19(14)26)20-6-16-7-22(28-10-18(16)15(2)29-20)30-23-8-21-25(4-5-25)13-32(3)24(34)12-33(21)31-23/h6-11H,4-5,12-13,26H2,1-3H3,(H,28,30,31). The van der Waals surface area contributed by atoms with Crippen molar-refractivity contribution in [3.05, 3.63) is 53.7 Å². The molecule has 0 radical (unpaired) electrons. The molecule has 1 spiro atoms. The van der Waals surface area contributed by atoms with E-state index in [1.807, 2.05) is 48.8 Å². The van der Waals surface area contributed by atoms with E-state index in [4.69, 9.17) is 15.8 Å². The summed E-state index contributed by atoms with van der Waals surface area (Å²) in [6.45, 7) is 4.97. The summed E-state index contributed by atoms with van der Waals surface area (Å²) >= 11 is 0. The van der Waals surface area contributed by atoms with Crippen LogP contribution in [0.5, 0.6) is 0 Å². The van der Waals surface area contributed by atoms with Gasteiger partial charge in [0.05, 0.1) is 17.6 Å². The van der Waals surface area contributed by atoms with Crippen molar-refractivity contribution in [1.82, 2.24) is 29.6 Å². The number of carbonyl (C=O) groups excluding carboxylic acids is 1. The van der Waals surface area contributed by atoms with Crippen LogP contribution in [0, 0.1) is 13.8 Å². The Balaban J connectivity index is 1.36. The lowest BCUT2D eigenvalue weighted by Gasteiger charge is -2.18. The van der Waals surface area contributed by atoms with Gasteiger partial charge in [-0.1, -0.05) is 0 Å². The van der Waals surface area contributed by atoms with E-state index in [1.54, 1.807) is 12.4 Å². The zero-order valence-electron chi connectivity index (χ0n) is 19.5. The number of carbonyl (C=O) groups is 1. The highest BCUT2D eigenvalue weighted by Crippen LogP contribution is 2.50. The molecule has 0 atom stereocenters. The smallest absolute Gasteiger partial charge is 0.244 e. The zero-order valence-corrected chi connectivity index (χ0v) is 19.5. The van der Waals surface area contributed by atoms with E-state index >= 15 is 0 Å². The number of nitrogens with one attached hydrogen (secondary N) is 1. The summed E-state index contributed by atoms with van der Waals surface area (Å²) in [6.07, 6.45) is 7.44. The van der Waals surface area contributed by atoms with Crippen molar-refractivity contribution < 1.29 is 4.79 Å². The molecule has 9 heteroatoms. The lowest BCUT2D eigenvalue weighted by molar-refractivity contribution is -0.130. The number of fused-ring (bicyclic) bond motifs is 3. The maximum Gasteiger partial charge on any atom is 0.244 e. The molecule has 3 N–H and O–H groups in total. The topological polar surface area (TPSA) is 115 Å². The van der Waals surface area contributed by atoms with Crippen LogP contribution in [-0.2, 0) is 16.8 Å². The van der Waals surface area contributed by atoms with Gasteiger partial charge in [-0.05, 0) is 49.8 Å². The van der Waals surface area contributed by atoms with Gasteiger partial charge >= 0.3 is 0 Å². The Morgan fingerprint density at radius 2 is 1.91 bits per heavy atom. The number of hydrogen-bond acceptors (Lipinski definition) is 7. The van der Waals surface area contributed by atoms with Crippen LogP contribution in [0.1, 0.15) is 29.8 Å². The van der Waals surface area contributed by atoms with Crippen LogP contribution in [0.15, 0.2) is 36.8 Å². The zero-order chi connectivity index (χ0) is 23.6. The first-order valence-electron chi connectivity index (χ1n) is 11.4. The van der Waals surface area contributed by atoms with Crippen LogP contribution in [0.4, 0.5) is 17.3 Å². The third-order valence-corrected chi connectivity index (χ3v) is 7.12. The third-order valence-electron chi connectivity index (χ3n) is 7.12. The predicted octanol–water partition coefficient (Wildman–Crippen LogP) is 3.33. The number of rotatable bonds is 3. The van der Waals surface area contributed by atoms with Crippen molar-refractivity contribution in [2.45, 2.75) is 38.6 Å². The minimum Gasteiger partial charge on any atom is -0.397 e. The first kappa shape index (κ1) is 20.6. The van der Waals surface area contributed by atoms with Crippen LogP contribution >= 0.6 is 0 Å². The molecule has 0 saturated heterocycles. The molecular formula is C25H26N8O. The number of nitrogen functional groups attached to an aromatic ring is 1. The van der Waals surface area contributed by atoms with Crippen molar-refractivity contribution in [3.63, 3.8) is 0 Å². The highest BCUT2D eigenvalue weighted by molar-refractivity contribution is 5.89. The van der Waals surface area contributed by atoms with E-state index in [1.165, 1.54) is 0 Å². The monoisotopic (exact) mass is 454 g/mol. The Morgan fingerprint density at radius 3 is 2.71 bits per heavy atom. The number of amides is 1. The Morgan fingerprint density at radius 1 is 1.09 bits per heavy atom. The number of likely N-dealkylation sites (N-methyl/N-ethyl adjacent to an activating group) is 1. The van der Waals surface area contributed by atoms with Crippen LogP contribution in [0.25, 0.3) is 22.0 Å². The van der Waals surface area contributed by atoms with E-state index in [9.17, 15) is 4.79 Å². The molecule has 4 aromatic heterocycles. The molecule has 1 fully saturated rings. The molecule has 0 aromatic carbocycles. The van der Waals surface area contributed by atoms with E-state index in [0.29, 0.717) is 17.3 Å². The van der Waals surface area contributed by atoms with Crippen molar-refractivity contribution in [2.75, 3.05) is 24.6 Å². The molecule has 9 nitrogen and oxygen atoms in total. The normalized spacial score (nSPS) is 16.6. The molecule has 0 bridgehead atoms. The summed E-state index contributed by atoms with van der Waals surface area (Å²) in [4.78, 5) is 27.9. The molecule has 0 unspecified atom stereocenters. The Labute approximate surface area is 197 Å². The maximum absolute atomic E-state index is 12.4. The van der Waals surface area contributed by atoms with Gasteiger partial charge in [0.25, 0.3) is 0 Å². The minimum absolute atomic E-state index is 0.0335. The van der Waals surface area contributed by atoms with E-state index in [0.717, 1.165) is 58.4 Å². The summed E-state index contributed by atoms with van der Waals surface area (Å²) < 4.78 is 1.85. The van der Waals surface area contributed by atoms with Crippen molar-refractivity contribution in [2.24, 2.45) is 0 Å². The summed E-state index contributed by atoms with van der Waals surface area (Å²) in [6, 6.07) is 6.10. The molecule has 1 saturated carbocycles. The van der Waals surface area contributed by atoms with Crippen molar-refractivity contribution >= 4 is 34.0 Å². The molecule has 1 aliphatic heterocycles. The van der Waals surface area contributed by atoms with Gasteiger partial charge in [-0.2, -0.15) is 5.10 Å². The fourth-order valence-electron chi connectivity index (χ4n) is 4.91. The average molecular weight is 455 g/mol. The van der Waals surface area contributed by atoms with Gasteiger partial charge in [-0.25, -0.2) is 4.98 Å². The van der Waals surface area contributed by atoms with Crippen LogP contribution in [0.3, 0.4) is 0 Å². The molecule has 1 amide bonds. The first-order valence-corrected chi connectivity index (χ1v) is 11.4. The van der Waals surface area contributed by atoms with Crippen molar-refractivity contribution in [3.8, 4) is 11.3 Å². The number of nitrogens with zero attached hydrogens (tertiary/aromatic N) is 6. The van der Waals surface area contributed by atoms with Gasteiger partial charge in [-0.15, -0.1) is 0 Å². The number of hydrogen-bond donors (Lipinski definition) is 2. The second-order valence-electron chi connectivity index (χ2n) is 9.51. The van der Waals surface area contributed by atoms with E-state index in [2.05, 4.69) is 21.4 Å². The fourth-order valence-corrected chi connectivity index (χ4v) is 4.91. The Bertz CT molecular complexity index is 1470. The Hall–Kier alpha value is -4.01. The number of aryl methyl sites for hydroxylation is 1. The molecule has 1 aliphatic carbocycles. The highest BCUT2D eigenvalue weighted by atomic mass is 16.2. The summed E-state index contributed by atoms with van der Waals surface area (Å²) in [5.74, 6) is 1.48. The number of anilines is 3. The fraction of sp³-hybridized carbons (Fsp3) is 0.320. The summed E-state index contributed by atoms with van der Waals surface area (Å²) in [5, 5.41) is 10.0. The lowest BCUT2D eigenvalue weighted by Crippen LogP contribution is -2.32. The largest absolute Gasteiger partial charge is 0.397 e. The van der Waals surface area contributed by atoms with Gasteiger partial charge < -0.3 is 16.0 Å².